The number of nitrogens with zero attached hydrogens (tertiary/aromatic N) is 1. The van der Waals surface area contributed by atoms with Crippen molar-refractivity contribution >= 4 is 17.5 Å². The Morgan fingerprint density at radius 3 is 2.36 bits per heavy atom. The summed E-state index contributed by atoms with van der Waals surface area (Å²) in [6.07, 6.45) is 1.98. The molecule has 2 amide bonds. The van der Waals surface area contributed by atoms with Crippen LogP contribution in [-0.2, 0) is 22.4 Å². The Labute approximate surface area is 147 Å². The third-order valence-corrected chi connectivity index (χ3v) is 5.31. The molecule has 0 saturated heterocycles. The Bertz CT molecular complexity index is 805. The van der Waals surface area contributed by atoms with E-state index >= 15 is 0 Å². The topological polar surface area (TPSA) is 49.4 Å². The van der Waals surface area contributed by atoms with E-state index < -0.39 is 5.92 Å². The van der Waals surface area contributed by atoms with E-state index in [2.05, 4.69) is 17.4 Å². The van der Waals surface area contributed by atoms with Crippen molar-refractivity contribution in [1.82, 2.24) is 5.32 Å². The fraction of sp³-hybridized carbons (Fsp3) is 0.333. The van der Waals surface area contributed by atoms with Gasteiger partial charge in [-0.05, 0) is 42.5 Å². The van der Waals surface area contributed by atoms with Crippen molar-refractivity contribution in [3.63, 3.8) is 0 Å². The van der Waals surface area contributed by atoms with Crippen LogP contribution in [0.3, 0.4) is 0 Å². The molecular weight excluding hydrogens is 312 g/mol. The maximum absolute atomic E-state index is 12.9. The molecule has 0 spiro atoms. The van der Waals surface area contributed by atoms with E-state index in [1.807, 2.05) is 43.3 Å². The average Bonchev–Trinajstić information content (AvgIpc) is 3.03. The zero-order valence-corrected chi connectivity index (χ0v) is 14.4. The predicted molar refractivity (Wildman–Crippen MR) is 97.6 cm³/mol. The summed E-state index contributed by atoms with van der Waals surface area (Å²) in [5.41, 5.74) is 4.45. The molecule has 0 saturated carbocycles. The van der Waals surface area contributed by atoms with E-state index in [4.69, 9.17) is 0 Å². The van der Waals surface area contributed by atoms with Gasteiger partial charge in [0.05, 0.1) is 5.92 Å². The second-order valence-corrected chi connectivity index (χ2v) is 6.84. The highest BCUT2D eigenvalue weighted by Gasteiger charge is 2.35. The van der Waals surface area contributed by atoms with Crippen LogP contribution in [0.25, 0.3) is 0 Å². The number of nitrogens with one attached hydrogen (secondary N) is 1. The van der Waals surface area contributed by atoms with Crippen molar-refractivity contribution in [2.45, 2.75) is 38.1 Å². The maximum Gasteiger partial charge on any atom is 0.228 e. The van der Waals surface area contributed by atoms with Gasteiger partial charge in [0.1, 0.15) is 0 Å². The van der Waals surface area contributed by atoms with Crippen LogP contribution in [0, 0.1) is 0 Å². The van der Waals surface area contributed by atoms with Crippen LogP contribution < -0.4 is 10.2 Å². The Balaban J connectivity index is 1.54. The van der Waals surface area contributed by atoms with E-state index in [-0.39, 0.29) is 24.3 Å². The lowest BCUT2D eigenvalue weighted by Gasteiger charge is -2.33. The number of rotatable bonds is 3. The Morgan fingerprint density at radius 2 is 1.68 bits per heavy atom. The normalized spacial score (nSPS) is 19.5. The first kappa shape index (κ1) is 15.9. The van der Waals surface area contributed by atoms with Crippen LogP contribution in [0.2, 0.25) is 0 Å². The summed E-state index contributed by atoms with van der Waals surface area (Å²) in [6, 6.07) is 16.2. The molecule has 2 aromatic rings. The molecule has 4 rings (SSSR count). The number of benzene rings is 2. The van der Waals surface area contributed by atoms with Crippen molar-refractivity contribution in [1.29, 1.82) is 0 Å². The van der Waals surface area contributed by atoms with Crippen LogP contribution in [0.4, 0.5) is 5.69 Å². The largest absolute Gasteiger partial charge is 0.352 e. The summed E-state index contributed by atoms with van der Waals surface area (Å²) in [7, 11) is 0. The van der Waals surface area contributed by atoms with Gasteiger partial charge in [-0.2, -0.15) is 0 Å². The van der Waals surface area contributed by atoms with E-state index in [0.717, 1.165) is 24.1 Å². The summed E-state index contributed by atoms with van der Waals surface area (Å²) in [5, 5.41) is 3.18. The number of anilines is 1. The molecule has 0 fully saturated rings. The number of carbonyl (C=O) groups is 2. The molecule has 2 aromatic carbocycles. The summed E-state index contributed by atoms with van der Waals surface area (Å²) in [4.78, 5) is 27.2. The minimum Gasteiger partial charge on any atom is -0.352 e. The molecule has 128 valence electrons. The second kappa shape index (κ2) is 6.36. The Morgan fingerprint density at radius 1 is 1.04 bits per heavy atom. The Hall–Kier alpha value is -2.62. The number of para-hydroxylation sites is 1. The van der Waals surface area contributed by atoms with E-state index in [0.29, 0.717) is 6.54 Å². The van der Waals surface area contributed by atoms with Gasteiger partial charge in [-0.1, -0.05) is 42.5 Å². The lowest BCUT2D eigenvalue weighted by atomic mass is 9.88. The van der Waals surface area contributed by atoms with E-state index in [1.165, 1.54) is 11.1 Å². The molecular formula is C21H22N2O2. The van der Waals surface area contributed by atoms with Gasteiger partial charge >= 0.3 is 0 Å². The second-order valence-electron chi connectivity index (χ2n) is 6.84. The van der Waals surface area contributed by atoms with Gasteiger partial charge in [0.25, 0.3) is 0 Å². The molecule has 4 nitrogen and oxygen atoms in total. The van der Waals surface area contributed by atoms with Crippen LogP contribution >= 0.6 is 0 Å². The number of hydrogen-bond donors (Lipinski definition) is 1. The van der Waals surface area contributed by atoms with E-state index in [1.54, 1.807) is 4.90 Å². The van der Waals surface area contributed by atoms with E-state index in [9.17, 15) is 9.59 Å². The van der Waals surface area contributed by atoms with Gasteiger partial charge in [-0.3, -0.25) is 9.59 Å². The first-order chi connectivity index (χ1) is 12.2. The van der Waals surface area contributed by atoms with Gasteiger partial charge in [-0.25, -0.2) is 0 Å². The maximum atomic E-state index is 12.9. The zero-order chi connectivity index (χ0) is 17.4. The van der Waals surface area contributed by atoms with Crippen LogP contribution in [0.15, 0.2) is 48.5 Å². The van der Waals surface area contributed by atoms with Gasteiger partial charge in [0.2, 0.25) is 11.8 Å². The summed E-state index contributed by atoms with van der Waals surface area (Å²) >= 11 is 0. The summed E-state index contributed by atoms with van der Waals surface area (Å²) in [5.74, 6) is -0.402. The third-order valence-electron chi connectivity index (χ3n) is 5.31. The lowest BCUT2D eigenvalue weighted by molar-refractivity contribution is -0.127. The van der Waals surface area contributed by atoms with Gasteiger partial charge < -0.3 is 10.2 Å². The van der Waals surface area contributed by atoms with Crippen LogP contribution in [0.5, 0.6) is 0 Å². The van der Waals surface area contributed by atoms with Crippen LogP contribution in [0.1, 0.15) is 36.0 Å². The molecule has 0 radical (unpaired) electrons. The molecule has 1 N–H and O–H groups in total. The first-order valence-electron chi connectivity index (χ1n) is 8.93. The molecule has 0 aromatic heterocycles. The highest BCUT2D eigenvalue weighted by Crippen LogP contribution is 2.36. The molecule has 1 aliphatic carbocycles. The molecule has 1 unspecified atom stereocenters. The highest BCUT2D eigenvalue weighted by molar-refractivity contribution is 6.02. The summed E-state index contributed by atoms with van der Waals surface area (Å²) in [6.45, 7) is 2.59. The minimum atomic E-state index is -0.393. The molecule has 0 bridgehead atoms. The standard InChI is InChI=1S/C21H22N2O2/c1-2-23-19-10-6-5-9-17(19)18(13-20(23)24)21(25)22-16-11-14-7-3-4-8-15(14)12-16/h3-10,16,18H,2,11-13H2,1H3,(H,22,25). The smallest absolute Gasteiger partial charge is 0.228 e. The number of amides is 2. The average molecular weight is 334 g/mol. The van der Waals surface area contributed by atoms with Gasteiger partial charge in [0, 0.05) is 24.7 Å². The highest BCUT2D eigenvalue weighted by atomic mass is 16.2. The molecule has 2 aliphatic rings. The lowest BCUT2D eigenvalue weighted by Crippen LogP contribution is -2.44. The third kappa shape index (κ3) is 2.82. The quantitative estimate of drug-likeness (QED) is 0.938. The zero-order valence-electron chi connectivity index (χ0n) is 14.4. The first-order valence-corrected chi connectivity index (χ1v) is 8.93. The van der Waals surface area contributed by atoms with Gasteiger partial charge in [-0.15, -0.1) is 0 Å². The van der Waals surface area contributed by atoms with Crippen molar-refractivity contribution < 1.29 is 9.59 Å². The van der Waals surface area contributed by atoms with Crippen molar-refractivity contribution in [2.24, 2.45) is 0 Å². The Kier molecular flexibility index (Phi) is 4.04. The SMILES string of the molecule is CCN1C(=O)CC(C(=O)NC2Cc3ccccc3C2)c2ccccc21. The number of carbonyl (C=O) groups excluding carboxylic acids is 2. The summed E-state index contributed by atoms with van der Waals surface area (Å²) < 4.78 is 0. The minimum absolute atomic E-state index is 0.0241. The molecule has 1 atom stereocenters. The van der Waals surface area contributed by atoms with Crippen LogP contribution in [-0.4, -0.2) is 24.4 Å². The fourth-order valence-corrected chi connectivity index (χ4v) is 4.10. The predicted octanol–water partition coefficient (Wildman–Crippen LogP) is 2.81. The van der Waals surface area contributed by atoms with Crippen molar-refractivity contribution in [2.75, 3.05) is 11.4 Å². The monoisotopic (exact) mass is 334 g/mol. The van der Waals surface area contributed by atoms with Crippen molar-refractivity contribution in [3.05, 3.63) is 65.2 Å². The molecule has 25 heavy (non-hydrogen) atoms. The fourth-order valence-electron chi connectivity index (χ4n) is 4.10. The van der Waals surface area contributed by atoms with Crippen molar-refractivity contribution in [3.8, 4) is 0 Å². The molecule has 4 heteroatoms. The number of hydrogen-bond acceptors (Lipinski definition) is 2. The number of fused-ring (bicyclic) bond motifs is 2. The van der Waals surface area contributed by atoms with Gasteiger partial charge in [0.15, 0.2) is 0 Å². The molecule has 1 heterocycles. The molecule has 1 aliphatic heterocycles.